The molecule has 0 radical (unpaired) electrons. The van der Waals surface area contributed by atoms with Crippen LogP contribution in [0, 0.1) is 21.8 Å². The second-order valence-corrected chi connectivity index (χ2v) is 3.75. The number of nitrogens with zero attached hydrogens (tertiary/aromatic N) is 1. The Morgan fingerprint density at radius 2 is 2.27 bits per heavy atom. The largest absolute Gasteiger partial charge is 0.382 e. The Morgan fingerprint density at radius 1 is 1.53 bits per heavy atom. The molecule has 15 heavy (non-hydrogen) atoms. The van der Waals surface area contributed by atoms with Crippen LogP contribution < -0.4 is 5.32 Å². The van der Waals surface area contributed by atoms with E-state index < -0.39 is 10.7 Å². The van der Waals surface area contributed by atoms with Crippen LogP contribution in [0.2, 0.25) is 0 Å². The molecule has 0 amide bonds. The van der Waals surface area contributed by atoms with E-state index in [1.807, 2.05) is 0 Å². The highest BCUT2D eigenvalue weighted by molar-refractivity contribution is 5.52. The minimum absolute atomic E-state index is 0.0882. The number of non-ortho nitro benzene ring substituents is 1. The maximum atomic E-state index is 13.2. The van der Waals surface area contributed by atoms with Gasteiger partial charge in [-0.25, -0.2) is 4.39 Å². The summed E-state index contributed by atoms with van der Waals surface area (Å²) in [4.78, 5) is 9.94. The van der Waals surface area contributed by atoms with Crippen LogP contribution in [0.4, 0.5) is 15.8 Å². The third-order valence-corrected chi connectivity index (χ3v) is 2.44. The van der Waals surface area contributed by atoms with Crippen molar-refractivity contribution >= 4 is 11.4 Å². The van der Waals surface area contributed by atoms with Crippen LogP contribution in [-0.2, 0) is 0 Å². The number of nitrogens with one attached hydrogen (secondary N) is 1. The van der Waals surface area contributed by atoms with Crippen LogP contribution >= 0.6 is 0 Å². The van der Waals surface area contributed by atoms with E-state index in [1.165, 1.54) is 6.07 Å². The number of halogens is 1. The first kappa shape index (κ1) is 9.89. The van der Waals surface area contributed by atoms with E-state index in [0.29, 0.717) is 12.5 Å². The normalized spacial score (nSPS) is 15.0. The van der Waals surface area contributed by atoms with Gasteiger partial charge in [0.05, 0.1) is 10.6 Å². The number of hydrogen-bond donors (Lipinski definition) is 1. The Bertz CT molecular complexity index is 391. The molecular formula is C10H11FN2O2. The lowest BCUT2D eigenvalue weighted by Crippen LogP contribution is -2.05. The van der Waals surface area contributed by atoms with Crippen LogP contribution in [-0.4, -0.2) is 11.5 Å². The van der Waals surface area contributed by atoms with Crippen molar-refractivity contribution < 1.29 is 9.31 Å². The number of anilines is 1. The Labute approximate surface area is 86.3 Å². The quantitative estimate of drug-likeness (QED) is 0.613. The van der Waals surface area contributed by atoms with Crippen molar-refractivity contribution in [2.45, 2.75) is 12.8 Å². The summed E-state index contributed by atoms with van der Waals surface area (Å²) in [6.45, 7) is 0.693. The highest BCUT2D eigenvalue weighted by Crippen LogP contribution is 2.30. The van der Waals surface area contributed by atoms with Gasteiger partial charge in [0.2, 0.25) is 0 Å². The fourth-order valence-electron chi connectivity index (χ4n) is 1.34. The lowest BCUT2D eigenvalue weighted by molar-refractivity contribution is -0.384. The first-order valence-electron chi connectivity index (χ1n) is 4.84. The summed E-state index contributed by atoms with van der Waals surface area (Å²) in [5, 5.41) is 13.4. The van der Waals surface area contributed by atoms with Gasteiger partial charge >= 0.3 is 0 Å². The van der Waals surface area contributed by atoms with E-state index in [9.17, 15) is 14.5 Å². The molecule has 0 heterocycles. The lowest BCUT2D eigenvalue weighted by Gasteiger charge is -2.05. The standard InChI is InChI=1S/C10H11FN2O2/c11-9-4-3-8(13(14)15)5-10(9)12-6-7-1-2-7/h3-5,7,12H,1-2,6H2. The van der Waals surface area contributed by atoms with E-state index in [-0.39, 0.29) is 11.4 Å². The van der Waals surface area contributed by atoms with Crippen molar-refractivity contribution in [1.29, 1.82) is 0 Å². The van der Waals surface area contributed by atoms with Gasteiger partial charge in [-0.05, 0) is 24.8 Å². The molecule has 1 fully saturated rings. The van der Waals surface area contributed by atoms with Crippen molar-refractivity contribution in [3.05, 3.63) is 34.1 Å². The summed E-state index contributed by atoms with van der Waals surface area (Å²) in [7, 11) is 0. The number of hydrogen-bond acceptors (Lipinski definition) is 3. The topological polar surface area (TPSA) is 55.2 Å². The fraction of sp³-hybridized carbons (Fsp3) is 0.400. The third kappa shape index (κ3) is 2.43. The first-order valence-corrected chi connectivity index (χ1v) is 4.84. The molecule has 2 rings (SSSR count). The van der Waals surface area contributed by atoms with E-state index >= 15 is 0 Å². The predicted octanol–water partition coefficient (Wildman–Crippen LogP) is 2.56. The Hall–Kier alpha value is -1.65. The fourth-order valence-corrected chi connectivity index (χ4v) is 1.34. The molecule has 0 unspecified atom stereocenters. The van der Waals surface area contributed by atoms with Gasteiger partial charge in [0.15, 0.2) is 0 Å². The van der Waals surface area contributed by atoms with Crippen molar-refractivity contribution in [3.63, 3.8) is 0 Å². The van der Waals surface area contributed by atoms with E-state index in [1.54, 1.807) is 0 Å². The maximum Gasteiger partial charge on any atom is 0.271 e. The van der Waals surface area contributed by atoms with Crippen LogP contribution in [0.3, 0.4) is 0 Å². The Kier molecular flexibility index (Phi) is 2.53. The molecule has 1 aromatic carbocycles. The van der Waals surface area contributed by atoms with Gasteiger partial charge in [-0.15, -0.1) is 0 Å². The molecule has 0 atom stereocenters. The van der Waals surface area contributed by atoms with Gasteiger partial charge in [-0.2, -0.15) is 0 Å². The number of nitro groups is 1. The molecule has 0 bridgehead atoms. The van der Waals surface area contributed by atoms with E-state index in [4.69, 9.17) is 0 Å². The number of benzene rings is 1. The number of rotatable bonds is 4. The van der Waals surface area contributed by atoms with Gasteiger partial charge < -0.3 is 5.32 Å². The summed E-state index contributed by atoms with van der Waals surface area (Å²) < 4.78 is 13.2. The lowest BCUT2D eigenvalue weighted by atomic mass is 10.2. The molecule has 1 aromatic rings. The maximum absolute atomic E-state index is 13.2. The Balaban J connectivity index is 2.12. The summed E-state index contributed by atoms with van der Waals surface area (Å²) in [6, 6.07) is 3.52. The molecule has 1 saturated carbocycles. The van der Waals surface area contributed by atoms with Crippen LogP contribution in [0.1, 0.15) is 12.8 Å². The average Bonchev–Trinajstić information content (AvgIpc) is 3.00. The first-order chi connectivity index (χ1) is 7.16. The van der Waals surface area contributed by atoms with Crippen molar-refractivity contribution in [2.75, 3.05) is 11.9 Å². The minimum Gasteiger partial charge on any atom is -0.382 e. The molecule has 1 aliphatic rings. The zero-order chi connectivity index (χ0) is 10.8. The van der Waals surface area contributed by atoms with Crippen LogP contribution in [0.15, 0.2) is 18.2 Å². The number of nitro benzene ring substituents is 1. The van der Waals surface area contributed by atoms with Gasteiger partial charge in [-0.1, -0.05) is 0 Å². The van der Waals surface area contributed by atoms with Crippen molar-refractivity contribution in [3.8, 4) is 0 Å². The van der Waals surface area contributed by atoms with Crippen molar-refractivity contribution in [2.24, 2.45) is 5.92 Å². The minimum atomic E-state index is -0.526. The molecular weight excluding hydrogens is 199 g/mol. The molecule has 0 saturated heterocycles. The third-order valence-electron chi connectivity index (χ3n) is 2.44. The SMILES string of the molecule is O=[N+]([O-])c1ccc(F)c(NCC2CC2)c1. The second kappa shape index (κ2) is 3.84. The highest BCUT2D eigenvalue weighted by Gasteiger charge is 2.21. The summed E-state index contributed by atoms with van der Waals surface area (Å²) in [5.41, 5.74) is 0.130. The zero-order valence-corrected chi connectivity index (χ0v) is 8.07. The van der Waals surface area contributed by atoms with Crippen LogP contribution in [0.25, 0.3) is 0 Å². The monoisotopic (exact) mass is 210 g/mol. The molecule has 80 valence electrons. The molecule has 1 aliphatic carbocycles. The summed E-state index contributed by atoms with van der Waals surface area (Å²) in [6.07, 6.45) is 2.31. The molecule has 1 N–H and O–H groups in total. The summed E-state index contributed by atoms with van der Waals surface area (Å²) >= 11 is 0. The molecule has 0 aliphatic heterocycles. The predicted molar refractivity (Wildman–Crippen MR) is 54.3 cm³/mol. The van der Waals surface area contributed by atoms with Gasteiger partial charge in [0, 0.05) is 18.7 Å². The van der Waals surface area contributed by atoms with Crippen LogP contribution in [0.5, 0.6) is 0 Å². The molecule has 4 nitrogen and oxygen atoms in total. The van der Waals surface area contributed by atoms with Gasteiger partial charge in [0.1, 0.15) is 5.82 Å². The van der Waals surface area contributed by atoms with E-state index in [2.05, 4.69) is 5.32 Å². The Morgan fingerprint density at radius 3 is 2.87 bits per heavy atom. The molecule has 5 heteroatoms. The highest BCUT2D eigenvalue weighted by atomic mass is 19.1. The van der Waals surface area contributed by atoms with Gasteiger partial charge in [-0.3, -0.25) is 10.1 Å². The zero-order valence-electron chi connectivity index (χ0n) is 8.07. The van der Waals surface area contributed by atoms with Gasteiger partial charge in [0.25, 0.3) is 5.69 Å². The summed E-state index contributed by atoms with van der Waals surface area (Å²) in [5.74, 6) is 0.157. The molecule has 0 spiro atoms. The van der Waals surface area contributed by atoms with Crippen molar-refractivity contribution in [1.82, 2.24) is 0 Å². The average molecular weight is 210 g/mol. The molecule has 0 aromatic heterocycles. The smallest absolute Gasteiger partial charge is 0.271 e. The van der Waals surface area contributed by atoms with E-state index in [0.717, 1.165) is 25.0 Å². The second-order valence-electron chi connectivity index (χ2n) is 3.75.